The number of terminal acetylenes is 1. The van der Waals surface area contributed by atoms with Crippen LogP contribution in [0.5, 0.6) is 0 Å². The maximum absolute atomic E-state index is 6.30. The Labute approximate surface area is 96.7 Å². The number of hydrogen-bond acceptors (Lipinski definition) is 1. The van der Waals surface area contributed by atoms with Crippen LogP contribution in [0.3, 0.4) is 0 Å². The number of hydrogen-bond donors (Lipinski definition) is 0. The summed E-state index contributed by atoms with van der Waals surface area (Å²) < 4.78 is 6.30. The van der Waals surface area contributed by atoms with Gasteiger partial charge in [-0.2, -0.15) is 0 Å². The van der Waals surface area contributed by atoms with E-state index in [4.69, 9.17) is 10.8 Å². The highest BCUT2D eigenvalue weighted by atomic mass is 28.4. The van der Waals surface area contributed by atoms with Gasteiger partial charge in [-0.05, 0) is 31.0 Å². The molecule has 0 aliphatic carbocycles. The molecule has 88 valence electrons. The van der Waals surface area contributed by atoms with E-state index >= 15 is 0 Å². The Morgan fingerprint density at radius 1 is 1.33 bits per heavy atom. The van der Waals surface area contributed by atoms with E-state index in [1.165, 1.54) is 0 Å². The highest BCUT2D eigenvalue weighted by Crippen LogP contribution is 2.38. The highest BCUT2D eigenvalue weighted by molar-refractivity contribution is 6.74. The first-order valence-electron chi connectivity index (χ1n) is 5.86. The van der Waals surface area contributed by atoms with Gasteiger partial charge in [0.15, 0.2) is 8.32 Å². The molecule has 1 atom stereocenters. The average molecular weight is 226 g/mol. The molecule has 2 heteroatoms. The Hall–Kier alpha value is -0.263. The summed E-state index contributed by atoms with van der Waals surface area (Å²) in [4.78, 5) is 0. The third-order valence-corrected chi connectivity index (χ3v) is 7.87. The largest absolute Gasteiger partial charge is 0.414 e. The zero-order chi connectivity index (χ0) is 12.1. The molecule has 0 aliphatic rings. The molecule has 0 unspecified atom stereocenters. The first-order chi connectivity index (χ1) is 6.74. The van der Waals surface area contributed by atoms with Crippen LogP contribution >= 0.6 is 0 Å². The topological polar surface area (TPSA) is 9.23 Å². The molecule has 0 N–H and O–H groups in total. The molecule has 0 heterocycles. The molecule has 1 nitrogen and oxygen atoms in total. The second-order valence-electron chi connectivity index (χ2n) is 5.65. The van der Waals surface area contributed by atoms with Gasteiger partial charge in [0.1, 0.15) is 0 Å². The van der Waals surface area contributed by atoms with Crippen molar-refractivity contribution < 1.29 is 4.43 Å². The minimum absolute atomic E-state index is 0.288. The van der Waals surface area contributed by atoms with Gasteiger partial charge in [-0.15, -0.1) is 12.3 Å². The molecule has 0 aromatic rings. The maximum atomic E-state index is 6.30. The van der Waals surface area contributed by atoms with Crippen molar-refractivity contribution in [3.05, 3.63) is 0 Å². The van der Waals surface area contributed by atoms with Crippen molar-refractivity contribution in [1.29, 1.82) is 0 Å². The van der Waals surface area contributed by atoms with E-state index in [-0.39, 0.29) is 5.04 Å². The van der Waals surface area contributed by atoms with Crippen molar-refractivity contribution in [3.63, 3.8) is 0 Å². The lowest BCUT2D eigenvalue weighted by atomic mass is 10.2. The quantitative estimate of drug-likeness (QED) is 0.504. The highest BCUT2D eigenvalue weighted by Gasteiger charge is 2.38. The summed E-state index contributed by atoms with van der Waals surface area (Å²) in [5.74, 6) is 2.69. The van der Waals surface area contributed by atoms with E-state index in [0.29, 0.717) is 6.10 Å². The predicted molar refractivity (Wildman–Crippen MR) is 70.4 cm³/mol. The molecule has 0 rings (SSSR count). The van der Waals surface area contributed by atoms with Crippen LogP contribution in [0.2, 0.25) is 18.1 Å². The van der Waals surface area contributed by atoms with Crippen molar-refractivity contribution >= 4 is 8.32 Å². The van der Waals surface area contributed by atoms with Gasteiger partial charge < -0.3 is 4.43 Å². The lowest BCUT2D eigenvalue weighted by molar-refractivity contribution is 0.168. The van der Waals surface area contributed by atoms with Crippen molar-refractivity contribution in [3.8, 4) is 12.3 Å². The first-order valence-corrected chi connectivity index (χ1v) is 8.76. The Morgan fingerprint density at radius 2 is 1.87 bits per heavy atom. The van der Waals surface area contributed by atoms with Gasteiger partial charge in [-0.3, -0.25) is 0 Å². The Kier molecular flexibility index (Phi) is 5.62. The summed E-state index contributed by atoms with van der Waals surface area (Å²) >= 11 is 0. The van der Waals surface area contributed by atoms with Crippen LogP contribution < -0.4 is 0 Å². The molecule has 0 aliphatic heterocycles. The average Bonchev–Trinajstić information content (AvgIpc) is 2.10. The monoisotopic (exact) mass is 226 g/mol. The molecule has 0 aromatic carbocycles. The first kappa shape index (κ1) is 14.7. The lowest BCUT2D eigenvalue weighted by Crippen LogP contribution is -2.43. The molecular formula is C13H26OSi. The van der Waals surface area contributed by atoms with Crippen LogP contribution in [-0.4, -0.2) is 14.4 Å². The van der Waals surface area contributed by atoms with Gasteiger partial charge in [0.05, 0.1) is 0 Å². The molecule has 0 fully saturated rings. The van der Waals surface area contributed by atoms with Crippen molar-refractivity contribution in [2.45, 2.75) is 71.2 Å². The second kappa shape index (κ2) is 5.72. The molecule has 15 heavy (non-hydrogen) atoms. The van der Waals surface area contributed by atoms with Crippen LogP contribution in [0, 0.1) is 12.3 Å². The smallest absolute Gasteiger partial charge is 0.192 e. The van der Waals surface area contributed by atoms with Crippen LogP contribution in [0.1, 0.15) is 47.0 Å². The lowest BCUT2D eigenvalue weighted by Gasteiger charge is -2.39. The third kappa shape index (κ3) is 4.86. The van der Waals surface area contributed by atoms with E-state index in [1.807, 2.05) is 0 Å². The van der Waals surface area contributed by atoms with Crippen molar-refractivity contribution in [1.82, 2.24) is 0 Å². The molecular weight excluding hydrogens is 200 g/mol. The molecule has 0 spiro atoms. The Bertz CT molecular complexity index is 220. The summed E-state index contributed by atoms with van der Waals surface area (Å²) in [5.41, 5.74) is 0. The van der Waals surface area contributed by atoms with Gasteiger partial charge in [-0.25, -0.2) is 0 Å². The third-order valence-electron chi connectivity index (χ3n) is 3.33. The van der Waals surface area contributed by atoms with Gasteiger partial charge >= 0.3 is 0 Å². The van der Waals surface area contributed by atoms with E-state index in [2.05, 4.69) is 46.7 Å². The summed E-state index contributed by atoms with van der Waals surface area (Å²) in [7, 11) is -1.61. The maximum Gasteiger partial charge on any atom is 0.192 e. The van der Waals surface area contributed by atoms with Gasteiger partial charge in [0.2, 0.25) is 0 Å². The predicted octanol–water partition coefficient (Wildman–Crippen LogP) is 4.20. The Balaban J connectivity index is 4.35. The summed E-state index contributed by atoms with van der Waals surface area (Å²) in [6.07, 6.45) is 8.53. The fourth-order valence-electron chi connectivity index (χ4n) is 1.18. The van der Waals surface area contributed by atoms with E-state index < -0.39 is 8.32 Å². The fraction of sp³-hybridized carbons (Fsp3) is 0.846. The molecule has 0 bridgehead atoms. The van der Waals surface area contributed by atoms with Gasteiger partial charge in [-0.1, -0.05) is 27.7 Å². The molecule has 0 aromatic heterocycles. The number of rotatable bonds is 5. The Morgan fingerprint density at radius 3 is 2.20 bits per heavy atom. The van der Waals surface area contributed by atoms with Crippen molar-refractivity contribution in [2.75, 3.05) is 0 Å². The summed E-state index contributed by atoms with van der Waals surface area (Å²) in [5, 5.41) is 0.288. The van der Waals surface area contributed by atoms with E-state index in [9.17, 15) is 0 Å². The van der Waals surface area contributed by atoms with Gasteiger partial charge in [0.25, 0.3) is 0 Å². The van der Waals surface area contributed by atoms with Crippen LogP contribution in [0.15, 0.2) is 0 Å². The van der Waals surface area contributed by atoms with E-state index in [1.54, 1.807) is 0 Å². The standard InChI is InChI=1S/C13H26OSi/c1-8-10-11-12(9-2)14-15(6,7)13(3,4)5/h1,12H,9-11H2,2-7H3/t12-/m0/s1. The molecule has 0 amide bonds. The van der Waals surface area contributed by atoms with Crippen LogP contribution in [0.4, 0.5) is 0 Å². The fourth-order valence-corrected chi connectivity index (χ4v) is 2.66. The normalized spacial score (nSPS) is 14.7. The van der Waals surface area contributed by atoms with Crippen LogP contribution in [0.25, 0.3) is 0 Å². The van der Waals surface area contributed by atoms with E-state index in [0.717, 1.165) is 19.3 Å². The minimum Gasteiger partial charge on any atom is -0.414 e. The SMILES string of the molecule is C#CCC[C@H](CC)O[Si](C)(C)C(C)(C)C. The summed E-state index contributed by atoms with van der Waals surface area (Å²) in [6.45, 7) is 13.6. The van der Waals surface area contributed by atoms with Crippen LogP contribution in [-0.2, 0) is 4.43 Å². The zero-order valence-electron chi connectivity index (χ0n) is 11.2. The minimum atomic E-state index is -1.61. The molecule has 0 saturated heterocycles. The van der Waals surface area contributed by atoms with Crippen molar-refractivity contribution in [2.24, 2.45) is 0 Å². The summed E-state index contributed by atoms with van der Waals surface area (Å²) in [6, 6.07) is 0. The molecule has 0 radical (unpaired) electrons. The zero-order valence-corrected chi connectivity index (χ0v) is 12.2. The van der Waals surface area contributed by atoms with Gasteiger partial charge in [0, 0.05) is 12.5 Å². The molecule has 0 saturated carbocycles. The second-order valence-corrected chi connectivity index (χ2v) is 10.4.